The molecule has 40 heavy (non-hydrogen) atoms. The minimum Gasteiger partial charge on any atom is -0.377 e. The highest BCUT2D eigenvalue weighted by atomic mass is 35.5. The van der Waals surface area contributed by atoms with Crippen molar-refractivity contribution in [2.75, 3.05) is 25.0 Å². The number of sulfonamides is 1. The van der Waals surface area contributed by atoms with Gasteiger partial charge in [0.15, 0.2) is 0 Å². The van der Waals surface area contributed by atoms with Gasteiger partial charge in [0.1, 0.15) is 0 Å². The topological polar surface area (TPSA) is 93.5 Å². The Bertz CT molecular complexity index is 1580. The molecule has 0 bridgehead atoms. The third-order valence-corrected chi connectivity index (χ3v) is 8.94. The first kappa shape index (κ1) is 28.3. The maximum Gasteiger partial charge on any atom is 0.243 e. The van der Waals surface area contributed by atoms with Crippen molar-refractivity contribution in [2.24, 2.45) is 0 Å². The summed E-state index contributed by atoms with van der Waals surface area (Å²) < 4.78 is 35.8. The summed E-state index contributed by atoms with van der Waals surface area (Å²) in [6.07, 6.45) is 3.09. The molecule has 4 aromatic rings. The first-order valence-corrected chi connectivity index (χ1v) is 15.0. The molecule has 1 aliphatic heterocycles. The van der Waals surface area contributed by atoms with E-state index in [-0.39, 0.29) is 23.5 Å². The van der Waals surface area contributed by atoms with Crippen molar-refractivity contribution < 1.29 is 17.9 Å². The average Bonchev–Trinajstić information content (AvgIpc) is 3.60. The zero-order valence-electron chi connectivity index (χ0n) is 21.8. The molecular weight excluding hydrogens is 571 g/mol. The fourth-order valence-electron chi connectivity index (χ4n) is 4.47. The molecule has 1 N–H and O–H groups in total. The first-order chi connectivity index (χ1) is 19.2. The van der Waals surface area contributed by atoms with E-state index in [4.69, 9.17) is 27.9 Å². The SMILES string of the molecule is Cc1ccc(-n2cc(-c3ccc(Cl)cc3)nc2NC(=O)CN(C[C@@H]2CCCO2)S(=O)(=O)c2ccc(Cl)cc2)cc1. The highest BCUT2D eigenvalue weighted by molar-refractivity contribution is 7.89. The standard InChI is InChI=1S/C29H28Cl2N4O4S/c1-20-4-12-24(13-5-20)35-18-27(21-6-8-22(30)9-7-21)32-29(35)33-28(36)19-34(17-25-3-2-16-39-25)40(37,38)26-14-10-23(31)11-15-26/h4-15,18,25H,2-3,16-17,19H2,1H3,(H,32,33,36)/t25-/m0/s1. The number of carbonyl (C=O) groups is 1. The van der Waals surface area contributed by atoms with Crippen LogP contribution in [0.25, 0.3) is 16.9 Å². The van der Waals surface area contributed by atoms with Gasteiger partial charge in [-0.15, -0.1) is 0 Å². The van der Waals surface area contributed by atoms with Crippen molar-refractivity contribution in [1.29, 1.82) is 0 Å². The van der Waals surface area contributed by atoms with Gasteiger partial charge < -0.3 is 4.74 Å². The second kappa shape index (κ2) is 12.1. The van der Waals surface area contributed by atoms with Crippen molar-refractivity contribution >= 4 is 45.1 Å². The number of ether oxygens (including phenoxy) is 1. The van der Waals surface area contributed by atoms with Crippen LogP contribution in [0.3, 0.4) is 0 Å². The number of nitrogens with zero attached hydrogens (tertiary/aromatic N) is 3. The van der Waals surface area contributed by atoms with E-state index in [0.29, 0.717) is 22.3 Å². The number of rotatable bonds is 9. The van der Waals surface area contributed by atoms with Gasteiger partial charge in [0.05, 0.1) is 23.2 Å². The number of benzene rings is 3. The molecule has 1 aliphatic rings. The lowest BCUT2D eigenvalue weighted by molar-refractivity contribution is -0.116. The Balaban J connectivity index is 1.44. The van der Waals surface area contributed by atoms with Crippen LogP contribution in [0.1, 0.15) is 18.4 Å². The van der Waals surface area contributed by atoms with Gasteiger partial charge in [-0.05, 0) is 68.3 Å². The zero-order chi connectivity index (χ0) is 28.3. The van der Waals surface area contributed by atoms with Crippen molar-refractivity contribution in [2.45, 2.75) is 30.8 Å². The molecule has 0 unspecified atom stereocenters. The maximum absolute atomic E-state index is 13.6. The van der Waals surface area contributed by atoms with Gasteiger partial charge in [-0.3, -0.25) is 14.7 Å². The molecule has 3 aromatic carbocycles. The number of anilines is 1. The van der Waals surface area contributed by atoms with Crippen LogP contribution < -0.4 is 5.32 Å². The molecule has 0 radical (unpaired) electrons. The molecule has 1 aromatic heterocycles. The quantitative estimate of drug-likeness (QED) is 0.256. The van der Waals surface area contributed by atoms with Crippen LogP contribution in [-0.2, 0) is 19.6 Å². The summed E-state index contributed by atoms with van der Waals surface area (Å²) in [4.78, 5) is 18.1. The zero-order valence-corrected chi connectivity index (χ0v) is 24.1. The normalized spacial score (nSPS) is 15.4. The van der Waals surface area contributed by atoms with E-state index in [0.717, 1.165) is 34.0 Å². The Morgan fingerprint density at radius 3 is 2.30 bits per heavy atom. The van der Waals surface area contributed by atoms with Crippen LogP contribution in [0.5, 0.6) is 0 Å². The third kappa shape index (κ3) is 6.56. The number of nitrogens with one attached hydrogen (secondary N) is 1. The second-order valence-electron chi connectivity index (χ2n) is 9.60. The molecule has 8 nitrogen and oxygen atoms in total. The van der Waals surface area contributed by atoms with Crippen LogP contribution in [0.4, 0.5) is 5.95 Å². The Hall–Kier alpha value is -3.21. The average molecular weight is 600 g/mol. The third-order valence-electron chi connectivity index (χ3n) is 6.61. The molecule has 1 atom stereocenters. The highest BCUT2D eigenvalue weighted by Crippen LogP contribution is 2.27. The molecule has 0 aliphatic carbocycles. The lowest BCUT2D eigenvalue weighted by Crippen LogP contribution is -2.42. The molecule has 0 spiro atoms. The first-order valence-electron chi connectivity index (χ1n) is 12.8. The van der Waals surface area contributed by atoms with E-state index in [1.807, 2.05) is 49.5 Å². The monoisotopic (exact) mass is 598 g/mol. The largest absolute Gasteiger partial charge is 0.377 e. The summed E-state index contributed by atoms with van der Waals surface area (Å²) in [5.41, 5.74) is 3.32. The van der Waals surface area contributed by atoms with Gasteiger partial charge >= 0.3 is 0 Å². The van der Waals surface area contributed by atoms with Gasteiger partial charge in [0.25, 0.3) is 0 Å². The van der Waals surface area contributed by atoms with E-state index in [2.05, 4.69) is 10.3 Å². The molecule has 11 heteroatoms. The molecular formula is C29H28Cl2N4O4S. The summed E-state index contributed by atoms with van der Waals surface area (Å²) in [6.45, 7) is 2.19. The van der Waals surface area contributed by atoms with Gasteiger partial charge in [0, 0.05) is 40.6 Å². The number of imidazole rings is 1. The summed E-state index contributed by atoms with van der Waals surface area (Å²) in [6, 6.07) is 20.9. The van der Waals surface area contributed by atoms with Crippen LogP contribution >= 0.6 is 23.2 Å². The highest BCUT2D eigenvalue weighted by Gasteiger charge is 2.31. The number of halogens is 2. The molecule has 1 amide bonds. The van der Waals surface area contributed by atoms with Gasteiger partial charge in [-0.2, -0.15) is 4.31 Å². The van der Waals surface area contributed by atoms with Gasteiger partial charge in [-0.1, -0.05) is 53.0 Å². The van der Waals surface area contributed by atoms with Crippen molar-refractivity contribution in [3.63, 3.8) is 0 Å². The predicted octanol–water partition coefficient (Wildman–Crippen LogP) is 5.96. The fraction of sp³-hybridized carbons (Fsp3) is 0.241. The van der Waals surface area contributed by atoms with E-state index in [1.54, 1.807) is 16.7 Å². The lowest BCUT2D eigenvalue weighted by atomic mass is 10.2. The molecule has 2 heterocycles. The Morgan fingerprint density at radius 2 is 1.68 bits per heavy atom. The summed E-state index contributed by atoms with van der Waals surface area (Å²) in [7, 11) is -4.01. The Morgan fingerprint density at radius 1 is 1.02 bits per heavy atom. The van der Waals surface area contributed by atoms with E-state index in [1.165, 1.54) is 24.3 Å². The van der Waals surface area contributed by atoms with Crippen molar-refractivity contribution in [3.8, 4) is 16.9 Å². The number of amides is 1. The summed E-state index contributed by atoms with van der Waals surface area (Å²) >= 11 is 12.0. The predicted molar refractivity (Wildman–Crippen MR) is 157 cm³/mol. The van der Waals surface area contributed by atoms with Crippen molar-refractivity contribution in [3.05, 3.63) is 94.6 Å². The number of aromatic nitrogens is 2. The maximum atomic E-state index is 13.6. The van der Waals surface area contributed by atoms with Gasteiger partial charge in [0.2, 0.25) is 21.9 Å². The minimum absolute atomic E-state index is 0.0499. The van der Waals surface area contributed by atoms with Crippen LogP contribution in [0, 0.1) is 6.92 Å². The second-order valence-corrected chi connectivity index (χ2v) is 12.4. The minimum atomic E-state index is -4.01. The number of hydrogen-bond donors (Lipinski definition) is 1. The number of carbonyl (C=O) groups excluding carboxylic acids is 1. The summed E-state index contributed by atoms with van der Waals surface area (Å²) in [5.74, 6) is -0.267. The smallest absolute Gasteiger partial charge is 0.243 e. The lowest BCUT2D eigenvalue weighted by Gasteiger charge is -2.24. The molecule has 5 rings (SSSR count). The molecule has 1 saturated heterocycles. The van der Waals surface area contributed by atoms with E-state index < -0.39 is 22.5 Å². The molecule has 0 saturated carbocycles. The van der Waals surface area contributed by atoms with E-state index in [9.17, 15) is 13.2 Å². The molecule has 1 fully saturated rings. The number of hydrogen-bond acceptors (Lipinski definition) is 5. The van der Waals surface area contributed by atoms with Crippen LogP contribution in [0.15, 0.2) is 83.9 Å². The van der Waals surface area contributed by atoms with Crippen LogP contribution in [0.2, 0.25) is 10.0 Å². The van der Waals surface area contributed by atoms with E-state index >= 15 is 0 Å². The fourth-order valence-corrected chi connectivity index (χ4v) is 6.15. The van der Waals surface area contributed by atoms with Gasteiger partial charge in [-0.25, -0.2) is 13.4 Å². The van der Waals surface area contributed by atoms with Crippen LogP contribution in [-0.4, -0.2) is 54.0 Å². The Labute approximate surface area is 243 Å². The summed E-state index contributed by atoms with van der Waals surface area (Å²) in [5, 5.41) is 3.85. The Kier molecular flexibility index (Phi) is 8.58. The molecule has 208 valence electrons. The number of aryl methyl sites for hydroxylation is 1. The van der Waals surface area contributed by atoms with Crippen molar-refractivity contribution in [1.82, 2.24) is 13.9 Å².